The van der Waals surface area contributed by atoms with E-state index in [0.29, 0.717) is 34.8 Å². The smallest absolute Gasteiger partial charge is 0.164 e. The molecule has 0 bridgehead atoms. The van der Waals surface area contributed by atoms with E-state index in [2.05, 4.69) is 41.5 Å². The van der Waals surface area contributed by atoms with Crippen molar-refractivity contribution < 1.29 is 15.3 Å². The third-order valence-electron chi connectivity index (χ3n) is 6.04. The SMILES string of the molecule is CCC(C)(C)CCCCCCc1cc(O)c(CCCCC(C)(C)C)c(O)c1O. The third kappa shape index (κ3) is 8.75. The number of rotatable bonds is 12. The molecule has 162 valence electrons. The Labute approximate surface area is 173 Å². The second kappa shape index (κ2) is 11.0. The molecular weight excluding hydrogens is 348 g/mol. The van der Waals surface area contributed by atoms with E-state index in [4.69, 9.17) is 0 Å². The molecule has 3 heteroatoms. The lowest BCUT2D eigenvalue weighted by Gasteiger charge is -2.22. The molecule has 0 aliphatic rings. The molecule has 28 heavy (non-hydrogen) atoms. The van der Waals surface area contributed by atoms with Crippen LogP contribution in [-0.2, 0) is 12.8 Å². The standard InChI is InChI=1S/C25H44O3/c1-7-25(5,6)17-12-9-8-10-14-19-18-21(26)20(23(28)22(19)27)15-11-13-16-24(2,3)4/h18,26-28H,7-17H2,1-6H3. The van der Waals surface area contributed by atoms with Crippen LogP contribution >= 0.6 is 0 Å². The van der Waals surface area contributed by atoms with Crippen LogP contribution in [0.1, 0.15) is 110 Å². The third-order valence-corrected chi connectivity index (χ3v) is 6.04. The van der Waals surface area contributed by atoms with Gasteiger partial charge in [-0.1, -0.05) is 73.6 Å². The molecule has 0 saturated heterocycles. The van der Waals surface area contributed by atoms with Crippen LogP contribution in [0.5, 0.6) is 17.2 Å². The first-order chi connectivity index (χ1) is 13.0. The summed E-state index contributed by atoms with van der Waals surface area (Å²) in [5.41, 5.74) is 1.86. The molecule has 1 aromatic carbocycles. The Morgan fingerprint density at radius 2 is 1.29 bits per heavy atom. The molecule has 0 heterocycles. The Kier molecular flexibility index (Phi) is 9.66. The molecule has 0 atom stereocenters. The van der Waals surface area contributed by atoms with E-state index in [1.807, 2.05) is 0 Å². The van der Waals surface area contributed by atoms with E-state index in [1.165, 1.54) is 25.7 Å². The summed E-state index contributed by atoms with van der Waals surface area (Å²) in [5, 5.41) is 31.1. The Morgan fingerprint density at radius 1 is 0.714 bits per heavy atom. The highest BCUT2D eigenvalue weighted by Crippen LogP contribution is 2.40. The highest BCUT2D eigenvalue weighted by Gasteiger charge is 2.18. The first-order valence-electron chi connectivity index (χ1n) is 11.2. The first-order valence-corrected chi connectivity index (χ1v) is 11.2. The number of hydrogen-bond acceptors (Lipinski definition) is 3. The predicted octanol–water partition coefficient (Wildman–Crippen LogP) is 7.49. The van der Waals surface area contributed by atoms with Crippen molar-refractivity contribution in [1.29, 1.82) is 0 Å². The van der Waals surface area contributed by atoms with Crippen molar-refractivity contribution in [3.63, 3.8) is 0 Å². The van der Waals surface area contributed by atoms with Crippen LogP contribution in [0.3, 0.4) is 0 Å². The van der Waals surface area contributed by atoms with E-state index in [9.17, 15) is 15.3 Å². The molecular formula is C25H44O3. The summed E-state index contributed by atoms with van der Waals surface area (Å²) in [7, 11) is 0. The summed E-state index contributed by atoms with van der Waals surface area (Å²) in [5.74, 6) is -0.0584. The maximum atomic E-state index is 10.4. The van der Waals surface area contributed by atoms with Crippen molar-refractivity contribution in [2.75, 3.05) is 0 Å². The van der Waals surface area contributed by atoms with Crippen LogP contribution < -0.4 is 0 Å². The molecule has 0 unspecified atom stereocenters. The fourth-order valence-electron chi connectivity index (χ4n) is 3.58. The molecule has 3 N–H and O–H groups in total. The van der Waals surface area contributed by atoms with E-state index in [-0.39, 0.29) is 17.2 Å². The van der Waals surface area contributed by atoms with Crippen LogP contribution in [0.2, 0.25) is 0 Å². The van der Waals surface area contributed by atoms with Gasteiger partial charge in [0.1, 0.15) is 5.75 Å². The maximum absolute atomic E-state index is 10.4. The van der Waals surface area contributed by atoms with Crippen molar-refractivity contribution in [2.24, 2.45) is 10.8 Å². The van der Waals surface area contributed by atoms with Gasteiger partial charge in [0.2, 0.25) is 0 Å². The number of phenolic OH excluding ortho intramolecular Hbond substituents is 3. The second-order valence-electron chi connectivity index (χ2n) is 10.4. The molecule has 3 nitrogen and oxygen atoms in total. The van der Waals surface area contributed by atoms with Crippen molar-refractivity contribution >= 4 is 0 Å². The minimum absolute atomic E-state index is 0.0456. The zero-order valence-corrected chi connectivity index (χ0v) is 19.2. The lowest BCUT2D eigenvalue weighted by molar-refractivity contribution is 0.307. The molecule has 0 fully saturated rings. The van der Waals surface area contributed by atoms with Crippen LogP contribution in [0.25, 0.3) is 0 Å². The van der Waals surface area contributed by atoms with Gasteiger partial charge in [0.15, 0.2) is 11.5 Å². The fraction of sp³-hybridized carbons (Fsp3) is 0.760. The fourth-order valence-corrected chi connectivity index (χ4v) is 3.58. The summed E-state index contributed by atoms with van der Waals surface area (Å²) >= 11 is 0. The number of aryl methyl sites for hydroxylation is 1. The molecule has 0 amide bonds. The second-order valence-corrected chi connectivity index (χ2v) is 10.4. The van der Waals surface area contributed by atoms with Gasteiger partial charge in [-0.25, -0.2) is 0 Å². The zero-order chi connectivity index (χ0) is 21.4. The molecule has 0 radical (unpaired) electrons. The summed E-state index contributed by atoms with van der Waals surface area (Å²) < 4.78 is 0. The summed E-state index contributed by atoms with van der Waals surface area (Å²) in [6, 6.07) is 1.65. The minimum atomic E-state index is -0.129. The Bertz CT molecular complexity index is 597. The van der Waals surface area contributed by atoms with Gasteiger partial charge in [-0.2, -0.15) is 0 Å². The maximum Gasteiger partial charge on any atom is 0.164 e. The predicted molar refractivity (Wildman–Crippen MR) is 119 cm³/mol. The summed E-state index contributed by atoms with van der Waals surface area (Å²) in [6.45, 7) is 13.5. The zero-order valence-electron chi connectivity index (χ0n) is 19.2. The molecule has 1 aromatic rings. The minimum Gasteiger partial charge on any atom is -0.508 e. The van der Waals surface area contributed by atoms with E-state index in [1.54, 1.807) is 6.07 Å². The molecule has 0 spiro atoms. The normalized spacial score (nSPS) is 12.5. The van der Waals surface area contributed by atoms with E-state index < -0.39 is 0 Å². The van der Waals surface area contributed by atoms with Crippen LogP contribution in [0, 0.1) is 10.8 Å². The van der Waals surface area contributed by atoms with E-state index in [0.717, 1.165) is 32.1 Å². The van der Waals surface area contributed by atoms with Gasteiger partial charge >= 0.3 is 0 Å². The summed E-state index contributed by atoms with van der Waals surface area (Å²) in [4.78, 5) is 0. The van der Waals surface area contributed by atoms with Crippen LogP contribution in [0.4, 0.5) is 0 Å². The van der Waals surface area contributed by atoms with Crippen molar-refractivity contribution in [3.05, 3.63) is 17.2 Å². The highest BCUT2D eigenvalue weighted by molar-refractivity contribution is 5.56. The number of aromatic hydroxyl groups is 3. The van der Waals surface area contributed by atoms with Gasteiger partial charge in [-0.3, -0.25) is 0 Å². The molecule has 1 rings (SSSR count). The van der Waals surface area contributed by atoms with Gasteiger partial charge < -0.3 is 15.3 Å². The number of hydrogen-bond donors (Lipinski definition) is 3. The van der Waals surface area contributed by atoms with Gasteiger partial charge in [-0.15, -0.1) is 0 Å². The van der Waals surface area contributed by atoms with Crippen LogP contribution in [-0.4, -0.2) is 15.3 Å². The Balaban J connectivity index is 2.50. The van der Waals surface area contributed by atoms with Crippen molar-refractivity contribution in [1.82, 2.24) is 0 Å². The van der Waals surface area contributed by atoms with Gasteiger partial charge in [0.05, 0.1) is 0 Å². The van der Waals surface area contributed by atoms with Gasteiger partial charge in [0.25, 0.3) is 0 Å². The Morgan fingerprint density at radius 3 is 1.89 bits per heavy atom. The highest BCUT2D eigenvalue weighted by atomic mass is 16.3. The molecule has 0 aromatic heterocycles. The van der Waals surface area contributed by atoms with Crippen LogP contribution in [0.15, 0.2) is 6.07 Å². The number of unbranched alkanes of at least 4 members (excludes halogenated alkanes) is 4. The lowest BCUT2D eigenvalue weighted by atomic mass is 9.84. The molecule has 0 aliphatic carbocycles. The number of benzene rings is 1. The average molecular weight is 393 g/mol. The van der Waals surface area contributed by atoms with Gasteiger partial charge in [0, 0.05) is 11.1 Å². The average Bonchev–Trinajstić information content (AvgIpc) is 2.60. The molecule has 0 aliphatic heterocycles. The van der Waals surface area contributed by atoms with Crippen molar-refractivity contribution in [2.45, 2.75) is 112 Å². The monoisotopic (exact) mass is 392 g/mol. The first kappa shape index (κ1) is 24.7. The Hall–Kier alpha value is -1.38. The van der Waals surface area contributed by atoms with Gasteiger partial charge in [-0.05, 0) is 55.4 Å². The quantitative estimate of drug-likeness (QED) is 0.196. The number of phenols is 3. The largest absolute Gasteiger partial charge is 0.508 e. The molecule has 0 saturated carbocycles. The summed E-state index contributed by atoms with van der Waals surface area (Å²) in [6.07, 6.45) is 11.3. The topological polar surface area (TPSA) is 60.7 Å². The van der Waals surface area contributed by atoms with E-state index >= 15 is 0 Å². The van der Waals surface area contributed by atoms with Crippen molar-refractivity contribution in [3.8, 4) is 17.2 Å². The lowest BCUT2D eigenvalue weighted by Crippen LogP contribution is -2.08.